The smallest absolute Gasteiger partial charge is 0.250 e. The number of carbonyl (C=O) groups excluding carboxylic acids is 3. The summed E-state index contributed by atoms with van der Waals surface area (Å²) in [6.45, 7) is 10.0. The molecule has 3 aliphatic heterocycles. The number of aliphatic hydroxyl groups is 1. The van der Waals surface area contributed by atoms with Crippen LogP contribution >= 0.6 is 11.6 Å². The average molecular weight is 520 g/mol. The van der Waals surface area contributed by atoms with Crippen molar-refractivity contribution in [2.45, 2.75) is 77.2 Å². The molecule has 36 heavy (non-hydrogen) atoms. The maximum absolute atomic E-state index is 14.2. The molecule has 9 heteroatoms. The van der Waals surface area contributed by atoms with Crippen molar-refractivity contribution in [3.8, 4) is 0 Å². The van der Waals surface area contributed by atoms with Gasteiger partial charge in [0.15, 0.2) is 0 Å². The molecule has 0 saturated carbocycles. The molecule has 4 rings (SSSR count). The number of ether oxygens (including phenoxy) is 1. The van der Waals surface area contributed by atoms with E-state index in [1.807, 2.05) is 34.6 Å². The Kier molecular flexibility index (Phi) is 7.43. The summed E-state index contributed by atoms with van der Waals surface area (Å²) in [5.41, 5.74) is -1.62. The van der Waals surface area contributed by atoms with Crippen molar-refractivity contribution in [2.75, 3.05) is 18.5 Å². The fourth-order valence-electron chi connectivity index (χ4n) is 6.67. The fraction of sp³-hybridized carbons (Fsp3) is 0.667. The summed E-state index contributed by atoms with van der Waals surface area (Å²) < 4.78 is 6.71. The number of carbonyl (C=O) groups is 3. The highest BCUT2D eigenvalue weighted by Gasteiger charge is 2.80. The number of benzene rings is 1. The minimum absolute atomic E-state index is 0.0503. The Balaban J connectivity index is 1.82. The van der Waals surface area contributed by atoms with Crippen LogP contribution in [0.3, 0.4) is 0 Å². The lowest BCUT2D eigenvalue weighted by Gasteiger charge is -2.39. The predicted molar refractivity (Wildman–Crippen MR) is 137 cm³/mol. The molecule has 1 aromatic carbocycles. The van der Waals surface area contributed by atoms with Gasteiger partial charge in [-0.2, -0.15) is 0 Å². The molecular formula is C27H38ClN3O5. The molecule has 3 fully saturated rings. The van der Waals surface area contributed by atoms with E-state index < -0.39 is 41.0 Å². The summed E-state index contributed by atoms with van der Waals surface area (Å²) in [5.74, 6) is -2.60. The summed E-state index contributed by atoms with van der Waals surface area (Å²) in [7, 11) is 0. The van der Waals surface area contributed by atoms with Crippen LogP contribution in [0.2, 0.25) is 5.02 Å². The second-order valence-corrected chi connectivity index (χ2v) is 11.3. The quantitative estimate of drug-likeness (QED) is 0.464. The summed E-state index contributed by atoms with van der Waals surface area (Å²) in [5, 5.41) is 16.6. The highest BCUT2D eigenvalue weighted by atomic mass is 35.5. The number of nitrogens with zero attached hydrogens (tertiary/aromatic N) is 1. The van der Waals surface area contributed by atoms with E-state index in [0.29, 0.717) is 30.1 Å². The first-order chi connectivity index (χ1) is 17.1. The number of fused-ring (bicyclic) bond motifs is 1. The summed E-state index contributed by atoms with van der Waals surface area (Å²) in [4.78, 5) is 43.2. The number of nitrogens with one attached hydrogen (secondary N) is 2. The SMILES string of the molecule is CCCNC(=O)[C@H]1[C@H]2C(=O)N([C@@H](CO)[C@@H](C)CC)C(C(=O)Nc3ccccc3Cl)C23CC(C)[C@]1(C)O3. The van der Waals surface area contributed by atoms with Crippen LogP contribution in [0.25, 0.3) is 0 Å². The monoisotopic (exact) mass is 519 g/mol. The van der Waals surface area contributed by atoms with E-state index in [1.165, 1.54) is 4.90 Å². The highest BCUT2D eigenvalue weighted by molar-refractivity contribution is 6.33. The van der Waals surface area contributed by atoms with Crippen LogP contribution in [0, 0.1) is 23.7 Å². The Morgan fingerprint density at radius 3 is 2.58 bits per heavy atom. The molecule has 2 bridgehead atoms. The zero-order valence-electron chi connectivity index (χ0n) is 21.7. The van der Waals surface area contributed by atoms with Crippen LogP contribution in [-0.2, 0) is 19.1 Å². The minimum Gasteiger partial charge on any atom is -0.394 e. The molecule has 1 spiro atoms. The predicted octanol–water partition coefficient (Wildman–Crippen LogP) is 3.22. The molecule has 1 aromatic rings. The first kappa shape index (κ1) is 26.9. The Labute approximate surface area is 218 Å². The molecule has 3 N–H and O–H groups in total. The van der Waals surface area contributed by atoms with Crippen molar-refractivity contribution < 1.29 is 24.2 Å². The lowest BCUT2D eigenvalue weighted by atomic mass is 9.62. The topological polar surface area (TPSA) is 108 Å². The van der Waals surface area contributed by atoms with Crippen LogP contribution in [0.4, 0.5) is 5.69 Å². The average Bonchev–Trinajstić information content (AvgIpc) is 3.36. The van der Waals surface area contributed by atoms with Crippen LogP contribution < -0.4 is 10.6 Å². The Hall–Kier alpha value is -2.16. The number of anilines is 1. The third kappa shape index (κ3) is 3.92. The van der Waals surface area contributed by atoms with Gasteiger partial charge in [-0.15, -0.1) is 0 Å². The van der Waals surface area contributed by atoms with Crippen molar-refractivity contribution in [1.29, 1.82) is 0 Å². The van der Waals surface area contributed by atoms with Gasteiger partial charge in [0.1, 0.15) is 11.6 Å². The summed E-state index contributed by atoms with van der Waals surface area (Å²) in [6.07, 6.45) is 1.94. The number of rotatable bonds is 9. The maximum atomic E-state index is 14.2. The summed E-state index contributed by atoms with van der Waals surface area (Å²) >= 11 is 6.33. The van der Waals surface area contributed by atoms with E-state index in [1.54, 1.807) is 24.3 Å². The number of aliphatic hydroxyl groups excluding tert-OH is 1. The zero-order valence-corrected chi connectivity index (χ0v) is 22.5. The van der Waals surface area contributed by atoms with Gasteiger partial charge in [-0.25, -0.2) is 0 Å². The zero-order chi connectivity index (χ0) is 26.4. The van der Waals surface area contributed by atoms with Crippen molar-refractivity contribution in [3.63, 3.8) is 0 Å². The number of halogens is 1. The number of para-hydroxylation sites is 1. The fourth-order valence-corrected chi connectivity index (χ4v) is 6.85. The van der Waals surface area contributed by atoms with Crippen molar-refractivity contribution >= 4 is 35.0 Å². The van der Waals surface area contributed by atoms with Crippen molar-refractivity contribution in [2.24, 2.45) is 23.7 Å². The van der Waals surface area contributed by atoms with Crippen LogP contribution in [0.15, 0.2) is 24.3 Å². The van der Waals surface area contributed by atoms with E-state index in [2.05, 4.69) is 10.6 Å². The Bertz CT molecular complexity index is 1040. The highest BCUT2D eigenvalue weighted by Crippen LogP contribution is 2.65. The largest absolute Gasteiger partial charge is 0.394 e. The molecule has 8 nitrogen and oxygen atoms in total. The van der Waals surface area contributed by atoms with Gasteiger partial charge in [0.2, 0.25) is 17.7 Å². The Morgan fingerprint density at radius 2 is 1.97 bits per heavy atom. The van der Waals surface area contributed by atoms with E-state index >= 15 is 0 Å². The second-order valence-electron chi connectivity index (χ2n) is 10.8. The van der Waals surface area contributed by atoms with Crippen LogP contribution in [0.5, 0.6) is 0 Å². The maximum Gasteiger partial charge on any atom is 0.250 e. The molecule has 3 amide bonds. The molecule has 198 valence electrons. The third-order valence-corrected chi connectivity index (χ3v) is 9.14. The molecule has 8 atom stereocenters. The van der Waals surface area contributed by atoms with Crippen LogP contribution in [-0.4, -0.2) is 64.2 Å². The van der Waals surface area contributed by atoms with Crippen LogP contribution in [0.1, 0.15) is 53.9 Å². The van der Waals surface area contributed by atoms with Gasteiger partial charge >= 0.3 is 0 Å². The van der Waals surface area contributed by atoms with Gasteiger partial charge in [0, 0.05) is 6.54 Å². The van der Waals surface area contributed by atoms with Gasteiger partial charge < -0.3 is 25.4 Å². The lowest BCUT2D eigenvalue weighted by molar-refractivity contribution is -0.150. The van der Waals surface area contributed by atoms with Gasteiger partial charge in [0.25, 0.3) is 0 Å². The number of hydrogen-bond acceptors (Lipinski definition) is 5. The molecular weight excluding hydrogens is 482 g/mol. The van der Waals surface area contributed by atoms with E-state index in [-0.39, 0.29) is 30.3 Å². The molecule has 0 aromatic heterocycles. The van der Waals surface area contributed by atoms with Crippen molar-refractivity contribution in [3.05, 3.63) is 29.3 Å². The van der Waals surface area contributed by atoms with E-state index in [4.69, 9.17) is 16.3 Å². The van der Waals surface area contributed by atoms with E-state index in [0.717, 1.165) is 6.42 Å². The standard InChI is InChI=1S/C27H38ClN3O5/c1-6-12-29-23(33)20-21-25(35)31(19(14-32)15(3)7-2)22(27(21)13-16(4)26(20,5)36-27)24(34)30-18-11-9-8-10-17(18)28/h8-11,15-16,19-22,32H,6-7,12-14H2,1-5H3,(H,29,33)(H,30,34)/t15-,16?,19-,20+,21-,22?,26-,27?/m0/s1. The molecule has 3 saturated heterocycles. The Morgan fingerprint density at radius 1 is 1.28 bits per heavy atom. The normalized spacial score (nSPS) is 34.4. The summed E-state index contributed by atoms with van der Waals surface area (Å²) in [6, 6.07) is 5.32. The van der Waals surface area contributed by atoms with E-state index in [9.17, 15) is 19.5 Å². The second kappa shape index (κ2) is 9.95. The van der Waals surface area contributed by atoms with Gasteiger partial charge in [-0.3, -0.25) is 14.4 Å². The molecule has 3 heterocycles. The third-order valence-electron chi connectivity index (χ3n) is 8.81. The minimum atomic E-state index is -1.17. The molecule has 0 aliphatic carbocycles. The molecule has 3 aliphatic rings. The molecule has 0 radical (unpaired) electrons. The van der Waals surface area contributed by atoms with Gasteiger partial charge in [-0.05, 0) is 43.7 Å². The van der Waals surface area contributed by atoms with Crippen molar-refractivity contribution in [1.82, 2.24) is 10.2 Å². The number of hydrogen-bond donors (Lipinski definition) is 3. The first-order valence-corrected chi connectivity index (χ1v) is 13.4. The number of likely N-dealkylation sites (tertiary alicyclic amines) is 1. The number of amides is 3. The molecule has 3 unspecified atom stereocenters. The first-order valence-electron chi connectivity index (χ1n) is 13.0. The van der Waals surface area contributed by atoms with Gasteiger partial charge in [-0.1, -0.05) is 57.8 Å². The lowest BCUT2D eigenvalue weighted by Crippen LogP contribution is -2.57. The van der Waals surface area contributed by atoms with Gasteiger partial charge in [0.05, 0.1) is 40.8 Å².